The second-order valence-electron chi connectivity index (χ2n) is 4.19. The molecule has 1 rings (SSSR count). The van der Waals surface area contributed by atoms with Gasteiger partial charge in [-0.3, -0.25) is 4.79 Å². The zero-order valence-corrected chi connectivity index (χ0v) is 10.4. The van der Waals surface area contributed by atoms with Gasteiger partial charge in [-0.05, 0) is 25.7 Å². The van der Waals surface area contributed by atoms with Gasteiger partial charge in [0.25, 0.3) is 0 Å². The molecule has 1 heterocycles. The summed E-state index contributed by atoms with van der Waals surface area (Å²) in [5, 5.41) is 8.39. The maximum absolute atomic E-state index is 12.0. The SMILES string of the molecule is C=CCCC(=O)N1CCCCC1C(=O)OCC#N. The van der Waals surface area contributed by atoms with Gasteiger partial charge in [0.1, 0.15) is 12.1 Å². The van der Waals surface area contributed by atoms with Crippen LogP contribution in [0.1, 0.15) is 32.1 Å². The third kappa shape index (κ3) is 3.88. The summed E-state index contributed by atoms with van der Waals surface area (Å²) in [6.45, 7) is 3.90. The Labute approximate surface area is 107 Å². The molecule has 0 saturated carbocycles. The lowest BCUT2D eigenvalue weighted by atomic mass is 10.0. The Morgan fingerprint density at radius 2 is 2.28 bits per heavy atom. The van der Waals surface area contributed by atoms with Gasteiger partial charge in [-0.25, -0.2) is 4.79 Å². The van der Waals surface area contributed by atoms with Crippen molar-refractivity contribution in [1.29, 1.82) is 5.26 Å². The average molecular weight is 250 g/mol. The normalized spacial score (nSPS) is 18.8. The van der Waals surface area contributed by atoms with Crippen molar-refractivity contribution >= 4 is 11.9 Å². The number of piperidine rings is 1. The molecule has 5 nitrogen and oxygen atoms in total. The van der Waals surface area contributed by atoms with Gasteiger partial charge in [0.2, 0.25) is 5.91 Å². The molecular weight excluding hydrogens is 232 g/mol. The summed E-state index contributed by atoms with van der Waals surface area (Å²) in [5.41, 5.74) is 0. The zero-order valence-electron chi connectivity index (χ0n) is 10.4. The van der Waals surface area contributed by atoms with Crippen LogP contribution in [0.3, 0.4) is 0 Å². The van der Waals surface area contributed by atoms with Crippen molar-refractivity contribution in [3.63, 3.8) is 0 Å². The number of allylic oxidation sites excluding steroid dienone is 1. The number of rotatable bonds is 5. The summed E-state index contributed by atoms with van der Waals surface area (Å²) in [6.07, 6.45) is 5.08. The molecule has 1 saturated heterocycles. The molecule has 0 bridgehead atoms. The fourth-order valence-corrected chi connectivity index (χ4v) is 2.04. The Morgan fingerprint density at radius 1 is 1.50 bits per heavy atom. The van der Waals surface area contributed by atoms with E-state index < -0.39 is 12.0 Å². The van der Waals surface area contributed by atoms with Crippen molar-refractivity contribution in [3.05, 3.63) is 12.7 Å². The maximum Gasteiger partial charge on any atom is 0.329 e. The number of likely N-dealkylation sites (tertiary alicyclic amines) is 1. The van der Waals surface area contributed by atoms with Crippen LogP contribution in [0.15, 0.2) is 12.7 Å². The summed E-state index contributed by atoms with van der Waals surface area (Å²) >= 11 is 0. The second kappa shape index (κ2) is 7.49. The summed E-state index contributed by atoms with van der Waals surface area (Å²) in [6, 6.07) is 1.23. The van der Waals surface area contributed by atoms with Crippen LogP contribution in [-0.4, -0.2) is 36.0 Å². The quantitative estimate of drug-likeness (QED) is 0.546. The third-order valence-corrected chi connectivity index (χ3v) is 2.94. The van der Waals surface area contributed by atoms with Gasteiger partial charge in [-0.15, -0.1) is 6.58 Å². The highest BCUT2D eigenvalue weighted by atomic mass is 16.5. The fourth-order valence-electron chi connectivity index (χ4n) is 2.04. The number of hydrogen-bond acceptors (Lipinski definition) is 4. The molecule has 1 aliphatic heterocycles. The van der Waals surface area contributed by atoms with Crippen LogP contribution in [0.5, 0.6) is 0 Å². The largest absolute Gasteiger partial charge is 0.449 e. The summed E-state index contributed by atoms with van der Waals surface area (Å²) in [4.78, 5) is 25.3. The summed E-state index contributed by atoms with van der Waals surface area (Å²) in [5.74, 6) is -0.517. The molecule has 18 heavy (non-hydrogen) atoms. The number of esters is 1. The molecule has 1 atom stereocenters. The zero-order chi connectivity index (χ0) is 13.4. The number of carbonyl (C=O) groups is 2. The molecule has 1 aliphatic rings. The van der Waals surface area contributed by atoms with Crippen molar-refractivity contribution in [3.8, 4) is 6.07 Å². The molecule has 0 spiro atoms. The van der Waals surface area contributed by atoms with Crippen LogP contribution >= 0.6 is 0 Å². The van der Waals surface area contributed by atoms with E-state index in [-0.39, 0.29) is 12.5 Å². The molecule has 0 aromatic carbocycles. The second-order valence-corrected chi connectivity index (χ2v) is 4.19. The van der Waals surface area contributed by atoms with Gasteiger partial charge >= 0.3 is 5.97 Å². The number of carbonyl (C=O) groups excluding carboxylic acids is 2. The van der Waals surface area contributed by atoms with E-state index in [1.165, 1.54) is 0 Å². The van der Waals surface area contributed by atoms with Crippen LogP contribution < -0.4 is 0 Å². The topological polar surface area (TPSA) is 70.4 Å². The fraction of sp³-hybridized carbons (Fsp3) is 0.615. The van der Waals surface area contributed by atoms with Gasteiger partial charge in [0.05, 0.1) is 0 Å². The number of hydrogen-bond donors (Lipinski definition) is 0. The minimum absolute atomic E-state index is 0.0477. The van der Waals surface area contributed by atoms with Crippen molar-refractivity contribution in [1.82, 2.24) is 4.90 Å². The predicted molar refractivity (Wildman–Crippen MR) is 65.4 cm³/mol. The first kappa shape index (κ1) is 14.2. The van der Waals surface area contributed by atoms with E-state index in [2.05, 4.69) is 6.58 Å². The molecule has 0 radical (unpaired) electrons. The Morgan fingerprint density at radius 3 is 2.94 bits per heavy atom. The van der Waals surface area contributed by atoms with E-state index in [1.54, 1.807) is 17.0 Å². The number of ether oxygens (including phenoxy) is 1. The number of nitriles is 1. The van der Waals surface area contributed by atoms with E-state index in [0.717, 1.165) is 12.8 Å². The van der Waals surface area contributed by atoms with Crippen molar-refractivity contribution < 1.29 is 14.3 Å². The first-order valence-corrected chi connectivity index (χ1v) is 6.14. The van der Waals surface area contributed by atoms with Crippen LogP contribution in [0.2, 0.25) is 0 Å². The molecule has 0 N–H and O–H groups in total. The van der Waals surface area contributed by atoms with Gasteiger partial charge in [0, 0.05) is 13.0 Å². The standard InChI is InChI=1S/C13H18N2O3/c1-2-3-7-12(16)15-9-5-4-6-11(15)13(17)18-10-8-14/h2,11H,1,3-7,9-10H2. The minimum Gasteiger partial charge on any atom is -0.449 e. The average Bonchev–Trinajstić information content (AvgIpc) is 2.42. The highest BCUT2D eigenvalue weighted by Gasteiger charge is 2.32. The van der Waals surface area contributed by atoms with Crippen LogP contribution in [0.4, 0.5) is 0 Å². The first-order valence-electron chi connectivity index (χ1n) is 6.14. The van der Waals surface area contributed by atoms with Crippen molar-refractivity contribution in [2.75, 3.05) is 13.2 Å². The molecule has 0 aliphatic carbocycles. The molecule has 1 amide bonds. The molecular formula is C13H18N2O3. The highest BCUT2D eigenvalue weighted by Crippen LogP contribution is 2.19. The molecule has 98 valence electrons. The van der Waals surface area contributed by atoms with E-state index in [0.29, 0.717) is 25.8 Å². The highest BCUT2D eigenvalue weighted by molar-refractivity contribution is 5.84. The molecule has 5 heteroatoms. The molecule has 0 aromatic rings. The molecule has 1 unspecified atom stereocenters. The lowest BCUT2D eigenvalue weighted by molar-refractivity contribution is -0.155. The summed E-state index contributed by atoms with van der Waals surface area (Å²) in [7, 11) is 0. The lowest BCUT2D eigenvalue weighted by Gasteiger charge is -2.33. The van der Waals surface area contributed by atoms with E-state index >= 15 is 0 Å². The van der Waals surface area contributed by atoms with Gasteiger partial charge in [-0.1, -0.05) is 6.08 Å². The van der Waals surface area contributed by atoms with Gasteiger partial charge in [-0.2, -0.15) is 5.26 Å². The van der Waals surface area contributed by atoms with E-state index in [1.807, 2.05) is 0 Å². The minimum atomic E-state index is -0.524. The van der Waals surface area contributed by atoms with E-state index in [4.69, 9.17) is 10.00 Å². The van der Waals surface area contributed by atoms with Gasteiger partial charge < -0.3 is 9.64 Å². The van der Waals surface area contributed by atoms with Crippen LogP contribution in [0.25, 0.3) is 0 Å². The smallest absolute Gasteiger partial charge is 0.329 e. The van der Waals surface area contributed by atoms with Gasteiger partial charge in [0.15, 0.2) is 6.61 Å². The van der Waals surface area contributed by atoms with Crippen molar-refractivity contribution in [2.24, 2.45) is 0 Å². The monoisotopic (exact) mass is 250 g/mol. The predicted octanol–water partition coefficient (Wildman–Crippen LogP) is 1.40. The lowest BCUT2D eigenvalue weighted by Crippen LogP contribution is -2.48. The number of nitrogens with zero attached hydrogens (tertiary/aromatic N) is 2. The Balaban J connectivity index is 2.61. The molecule has 0 aromatic heterocycles. The molecule has 1 fully saturated rings. The van der Waals surface area contributed by atoms with E-state index in [9.17, 15) is 9.59 Å². The Kier molecular flexibility index (Phi) is 5.92. The maximum atomic E-state index is 12.0. The first-order chi connectivity index (χ1) is 8.70. The van der Waals surface area contributed by atoms with Crippen LogP contribution in [-0.2, 0) is 14.3 Å². The Bertz CT molecular complexity index is 360. The van der Waals surface area contributed by atoms with Crippen LogP contribution in [0, 0.1) is 11.3 Å². The summed E-state index contributed by atoms with van der Waals surface area (Å²) < 4.78 is 4.80. The van der Waals surface area contributed by atoms with Crippen molar-refractivity contribution in [2.45, 2.75) is 38.1 Å². The Hall–Kier alpha value is -1.83. The number of amides is 1. The third-order valence-electron chi connectivity index (χ3n) is 2.94.